The van der Waals surface area contributed by atoms with Crippen LogP contribution in [-0.2, 0) is 28.8 Å². The van der Waals surface area contributed by atoms with E-state index in [0.717, 1.165) is 18.2 Å². The van der Waals surface area contributed by atoms with Crippen molar-refractivity contribution in [2.75, 3.05) is 12.4 Å². The summed E-state index contributed by atoms with van der Waals surface area (Å²) in [6.45, 7) is 0.0701. The molecule has 2 amide bonds. The molecule has 8 nitrogen and oxygen atoms in total. The van der Waals surface area contributed by atoms with Crippen molar-refractivity contribution in [1.29, 1.82) is 0 Å². The lowest BCUT2D eigenvalue weighted by atomic mass is 10.1. The fourth-order valence-corrected chi connectivity index (χ4v) is 2.94. The number of ether oxygens (including phenoxy) is 1. The molecule has 0 atom stereocenters. The number of alkyl halides is 3. The fraction of sp³-hybridized carbons (Fsp3) is 0.182. The minimum absolute atomic E-state index is 0.0325. The van der Waals surface area contributed by atoms with Crippen molar-refractivity contribution in [2.45, 2.75) is 19.3 Å². The molecule has 0 spiro atoms. The van der Waals surface area contributed by atoms with Gasteiger partial charge in [0.1, 0.15) is 6.54 Å². The molecule has 0 aliphatic carbocycles. The average molecular weight is 460 g/mol. The Balaban J connectivity index is 1.77. The number of hydrogen-bond acceptors (Lipinski definition) is 5. The van der Waals surface area contributed by atoms with Gasteiger partial charge in [-0.25, -0.2) is 9.78 Å². The Bertz CT molecular complexity index is 1160. The Kier molecular flexibility index (Phi) is 7.11. The molecule has 0 aliphatic rings. The van der Waals surface area contributed by atoms with Gasteiger partial charge in [-0.15, -0.1) is 0 Å². The van der Waals surface area contributed by atoms with Gasteiger partial charge in [0.2, 0.25) is 5.91 Å². The normalized spacial score (nSPS) is 11.0. The van der Waals surface area contributed by atoms with Gasteiger partial charge < -0.3 is 19.9 Å². The van der Waals surface area contributed by atoms with E-state index in [2.05, 4.69) is 15.6 Å². The van der Waals surface area contributed by atoms with Crippen LogP contribution in [0, 0.1) is 0 Å². The predicted molar refractivity (Wildman–Crippen MR) is 111 cm³/mol. The molecule has 33 heavy (non-hydrogen) atoms. The minimum atomic E-state index is -4.59. The van der Waals surface area contributed by atoms with E-state index in [1.54, 1.807) is 10.8 Å². The van der Waals surface area contributed by atoms with Crippen molar-refractivity contribution >= 4 is 23.5 Å². The van der Waals surface area contributed by atoms with Crippen LogP contribution >= 0.6 is 0 Å². The number of carbonyl (C=O) groups excluding carboxylic acids is 3. The molecular formula is C22H19F3N4O4. The number of hydrogen-bond donors (Lipinski definition) is 2. The first-order valence-electron chi connectivity index (χ1n) is 9.59. The summed E-state index contributed by atoms with van der Waals surface area (Å²) < 4.78 is 45.1. The molecule has 2 aromatic carbocycles. The highest BCUT2D eigenvalue weighted by Crippen LogP contribution is 2.29. The average Bonchev–Trinajstić information content (AvgIpc) is 3.29. The second-order valence-electron chi connectivity index (χ2n) is 6.95. The third-order valence-corrected chi connectivity index (χ3v) is 4.50. The summed E-state index contributed by atoms with van der Waals surface area (Å²) in [7, 11) is 1.18. The Morgan fingerprint density at radius 2 is 1.88 bits per heavy atom. The molecule has 3 aromatic rings. The molecule has 0 fully saturated rings. The van der Waals surface area contributed by atoms with Crippen LogP contribution in [0.15, 0.2) is 61.2 Å². The van der Waals surface area contributed by atoms with Gasteiger partial charge in [0, 0.05) is 30.2 Å². The van der Waals surface area contributed by atoms with Crippen LogP contribution in [0.25, 0.3) is 0 Å². The van der Waals surface area contributed by atoms with E-state index in [-0.39, 0.29) is 35.8 Å². The second kappa shape index (κ2) is 9.98. The summed E-state index contributed by atoms with van der Waals surface area (Å²) in [5, 5.41) is 5.16. The summed E-state index contributed by atoms with van der Waals surface area (Å²) in [6, 6.07) is 8.26. The number of imidazole rings is 1. The molecule has 2 N–H and O–H groups in total. The number of amides is 2. The smallest absolute Gasteiger partial charge is 0.416 e. The SMILES string of the molecule is COC(=O)c1cc(CNC(=O)Cn2ccnc2)cc(NC(=O)c2cccc(C(F)(F)F)c2)c1. The maximum atomic E-state index is 12.9. The number of esters is 1. The highest BCUT2D eigenvalue weighted by atomic mass is 19.4. The van der Waals surface area contributed by atoms with Crippen molar-refractivity contribution < 1.29 is 32.3 Å². The zero-order valence-corrected chi connectivity index (χ0v) is 17.3. The number of nitrogens with one attached hydrogen (secondary N) is 2. The highest BCUT2D eigenvalue weighted by molar-refractivity contribution is 6.05. The van der Waals surface area contributed by atoms with Gasteiger partial charge in [0.15, 0.2) is 0 Å². The molecule has 0 saturated carbocycles. The van der Waals surface area contributed by atoms with Gasteiger partial charge in [-0.3, -0.25) is 9.59 Å². The topological polar surface area (TPSA) is 102 Å². The number of nitrogens with zero attached hydrogens (tertiary/aromatic N) is 2. The Hall–Kier alpha value is -4.15. The molecule has 0 bridgehead atoms. The van der Waals surface area contributed by atoms with Crippen LogP contribution in [0.1, 0.15) is 31.8 Å². The van der Waals surface area contributed by atoms with Crippen LogP contribution in [0.4, 0.5) is 18.9 Å². The third kappa shape index (κ3) is 6.42. The molecule has 1 heterocycles. The monoisotopic (exact) mass is 460 g/mol. The standard InChI is InChI=1S/C22H19F3N4O4/c1-33-21(32)16-7-14(11-27-19(30)12-29-6-5-26-13-29)8-18(10-16)28-20(31)15-3-2-4-17(9-15)22(23,24)25/h2-10,13H,11-12H2,1H3,(H,27,30)(H,28,31). The first-order valence-corrected chi connectivity index (χ1v) is 9.59. The zero-order chi connectivity index (χ0) is 24.0. The lowest BCUT2D eigenvalue weighted by molar-refractivity contribution is -0.137. The maximum absolute atomic E-state index is 12.9. The van der Waals surface area contributed by atoms with Gasteiger partial charge in [0.25, 0.3) is 5.91 Å². The molecule has 0 aliphatic heterocycles. The van der Waals surface area contributed by atoms with E-state index in [9.17, 15) is 27.6 Å². The van der Waals surface area contributed by atoms with Gasteiger partial charge >= 0.3 is 12.1 Å². The molecular weight excluding hydrogens is 441 g/mol. The van der Waals surface area contributed by atoms with Crippen LogP contribution in [0.5, 0.6) is 0 Å². The molecule has 3 rings (SSSR count). The number of carbonyl (C=O) groups is 3. The quantitative estimate of drug-likeness (QED) is 0.527. The van der Waals surface area contributed by atoms with E-state index >= 15 is 0 Å². The van der Waals surface area contributed by atoms with Crippen molar-refractivity contribution in [2.24, 2.45) is 0 Å². The third-order valence-electron chi connectivity index (χ3n) is 4.50. The van der Waals surface area contributed by atoms with E-state index in [4.69, 9.17) is 4.74 Å². The van der Waals surface area contributed by atoms with Gasteiger partial charge in [-0.05, 0) is 42.0 Å². The summed E-state index contributed by atoms with van der Waals surface area (Å²) in [4.78, 5) is 40.5. The zero-order valence-electron chi connectivity index (χ0n) is 17.3. The lowest BCUT2D eigenvalue weighted by Gasteiger charge is -2.12. The van der Waals surface area contributed by atoms with Gasteiger partial charge in [0.05, 0.1) is 24.6 Å². The van der Waals surface area contributed by atoms with E-state index in [0.29, 0.717) is 5.56 Å². The summed E-state index contributed by atoms with van der Waals surface area (Å²) in [6.07, 6.45) is 0.0490. The Labute approximate surface area is 186 Å². The number of halogens is 3. The molecule has 0 saturated heterocycles. The van der Waals surface area contributed by atoms with Crippen LogP contribution in [0.2, 0.25) is 0 Å². The number of anilines is 1. The molecule has 1 aromatic heterocycles. The number of rotatable bonds is 7. The first-order chi connectivity index (χ1) is 15.7. The maximum Gasteiger partial charge on any atom is 0.416 e. The largest absolute Gasteiger partial charge is 0.465 e. The molecule has 0 radical (unpaired) electrons. The Morgan fingerprint density at radius 1 is 1.09 bits per heavy atom. The Morgan fingerprint density at radius 3 is 2.55 bits per heavy atom. The summed E-state index contributed by atoms with van der Waals surface area (Å²) in [5.74, 6) is -1.79. The van der Waals surface area contributed by atoms with Crippen LogP contribution < -0.4 is 10.6 Å². The number of methoxy groups -OCH3 is 1. The predicted octanol–water partition coefficient (Wildman–Crippen LogP) is 3.26. The van der Waals surface area contributed by atoms with Gasteiger partial charge in [-0.1, -0.05) is 6.07 Å². The lowest BCUT2D eigenvalue weighted by Crippen LogP contribution is -2.27. The fourth-order valence-electron chi connectivity index (χ4n) is 2.94. The molecule has 11 heteroatoms. The van der Waals surface area contributed by atoms with Crippen molar-refractivity contribution in [3.63, 3.8) is 0 Å². The molecule has 0 unspecified atom stereocenters. The number of benzene rings is 2. The van der Waals surface area contributed by atoms with E-state index in [1.807, 2.05) is 0 Å². The van der Waals surface area contributed by atoms with E-state index < -0.39 is 23.6 Å². The van der Waals surface area contributed by atoms with E-state index in [1.165, 1.54) is 43.9 Å². The second-order valence-corrected chi connectivity index (χ2v) is 6.95. The van der Waals surface area contributed by atoms with Crippen molar-refractivity contribution in [3.8, 4) is 0 Å². The summed E-state index contributed by atoms with van der Waals surface area (Å²) >= 11 is 0. The van der Waals surface area contributed by atoms with Crippen LogP contribution in [0.3, 0.4) is 0 Å². The highest BCUT2D eigenvalue weighted by Gasteiger charge is 2.30. The van der Waals surface area contributed by atoms with Crippen molar-refractivity contribution in [1.82, 2.24) is 14.9 Å². The van der Waals surface area contributed by atoms with Crippen molar-refractivity contribution in [3.05, 3.63) is 83.4 Å². The summed E-state index contributed by atoms with van der Waals surface area (Å²) in [5.41, 5.74) is -0.447. The van der Waals surface area contributed by atoms with Gasteiger partial charge in [-0.2, -0.15) is 13.2 Å². The first kappa shape index (κ1) is 23.5. The number of aromatic nitrogens is 2. The minimum Gasteiger partial charge on any atom is -0.465 e. The van der Waals surface area contributed by atoms with Crippen LogP contribution in [-0.4, -0.2) is 34.4 Å². The molecule has 172 valence electrons.